The van der Waals surface area contributed by atoms with Crippen LogP contribution in [0.3, 0.4) is 0 Å². The van der Waals surface area contributed by atoms with Crippen LogP contribution in [-0.2, 0) is 38.1 Å². The number of carbonyl (C=O) groups is 3. The van der Waals surface area contributed by atoms with Gasteiger partial charge in [-0.3, -0.25) is 0 Å². The molecule has 0 aromatic heterocycles. The third kappa shape index (κ3) is 5.68. The fourth-order valence-electron chi connectivity index (χ4n) is 3.98. The lowest BCUT2D eigenvalue weighted by Crippen LogP contribution is -2.67. The summed E-state index contributed by atoms with van der Waals surface area (Å²) < 4.78 is 24.8. The lowest BCUT2D eigenvalue weighted by atomic mass is 9.95. The van der Waals surface area contributed by atoms with Crippen molar-refractivity contribution in [3.8, 4) is 0 Å². The van der Waals surface area contributed by atoms with E-state index in [2.05, 4.69) is 4.74 Å². The molecule has 3 saturated heterocycles. The van der Waals surface area contributed by atoms with Crippen molar-refractivity contribution in [1.29, 1.82) is 0 Å². The van der Waals surface area contributed by atoms with E-state index in [0.29, 0.717) is 0 Å². The minimum absolute atomic E-state index is 1.79. The molecular weight excluding hydrogens is 520 g/mol. The largest absolute Gasteiger partial charge is 0.479 e. The molecule has 3 heterocycles. The third-order valence-corrected chi connectivity index (χ3v) is 5.99. The van der Waals surface area contributed by atoms with Crippen LogP contribution >= 0.6 is 0 Å². The number of aliphatic hydroxyl groups is 8. The monoisotopic (exact) mass is 546 g/mol. The van der Waals surface area contributed by atoms with E-state index in [1.54, 1.807) is 0 Å². The van der Waals surface area contributed by atoms with Crippen molar-refractivity contribution in [1.82, 2.24) is 0 Å². The highest BCUT2D eigenvalue weighted by atomic mass is 16.8. The maximum Gasteiger partial charge on any atom is 0.335 e. The average molecular weight is 546 g/mol. The number of carboxylic acid groups (broad SMARTS) is 3. The lowest BCUT2D eigenvalue weighted by molar-refractivity contribution is -0.368. The Balaban J connectivity index is 1.81. The van der Waals surface area contributed by atoms with E-state index in [0.717, 1.165) is 0 Å². The van der Waals surface area contributed by atoms with Crippen LogP contribution in [0.2, 0.25) is 0 Å². The molecule has 0 aromatic rings. The molecule has 3 aliphatic heterocycles. The van der Waals surface area contributed by atoms with Gasteiger partial charge in [0.05, 0.1) is 0 Å². The molecular formula is C18H26O19. The lowest BCUT2D eigenvalue weighted by Gasteiger charge is -2.46. The number of hydrogen-bond donors (Lipinski definition) is 11. The number of aliphatic hydroxyl groups excluding tert-OH is 8. The van der Waals surface area contributed by atoms with Crippen LogP contribution in [0.5, 0.6) is 0 Å². The summed E-state index contributed by atoms with van der Waals surface area (Å²) in [6, 6.07) is 0. The minimum Gasteiger partial charge on any atom is -0.479 e. The molecule has 0 aliphatic carbocycles. The van der Waals surface area contributed by atoms with Crippen LogP contribution in [0.4, 0.5) is 0 Å². The van der Waals surface area contributed by atoms with Crippen molar-refractivity contribution in [2.24, 2.45) is 0 Å². The van der Waals surface area contributed by atoms with Gasteiger partial charge in [0.15, 0.2) is 37.2 Å². The number of carboxylic acids is 3. The maximum absolute atomic E-state index is 11.8. The van der Waals surface area contributed by atoms with Gasteiger partial charge in [-0.1, -0.05) is 0 Å². The standard InChI is InChI=1S/C18H26O19/c19-1-2(20)10(13(26)27)36-17(6(1)24)35-9-4(22)7(25)18(37-12(9)15(30)31)34-8-3(21)5(23)16(32)33-11(8)14(28)29/h1-12,16-25,32H,(H,26,27)(H,28,29)(H,30,31)/t1-,2+,3+,4-,5+,6+,7+,8+,9+,10-,11-,12-,16-,17-,18-/m0/s1. The number of hydrogen-bond acceptors (Lipinski definition) is 16. The van der Waals surface area contributed by atoms with Gasteiger partial charge in [-0.25, -0.2) is 14.4 Å². The molecule has 3 rings (SSSR count). The zero-order valence-corrected chi connectivity index (χ0v) is 18.3. The molecule has 37 heavy (non-hydrogen) atoms. The number of rotatable bonds is 7. The van der Waals surface area contributed by atoms with Gasteiger partial charge in [-0.15, -0.1) is 0 Å². The van der Waals surface area contributed by atoms with E-state index >= 15 is 0 Å². The van der Waals surface area contributed by atoms with E-state index in [9.17, 15) is 65.4 Å². The number of aliphatic carboxylic acids is 3. The van der Waals surface area contributed by atoms with Crippen LogP contribution < -0.4 is 0 Å². The fourth-order valence-corrected chi connectivity index (χ4v) is 3.98. The Bertz CT molecular complexity index is 853. The summed E-state index contributed by atoms with van der Waals surface area (Å²) in [5.41, 5.74) is 0. The van der Waals surface area contributed by atoms with Crippen molar-refractivity contribution in [2.45, 2.75) is 92.1 Å². The van der Waals surface area contributed by atoms with E-state index < -0.39 is 110 Å². The second-order valence-corrected chi connectivity index (χ2v) is 8.45. The predicted molar refractivity (Wildman–Crippen MR) is 103 cm³/mol. The zero-order valence-electron chi connectivity index (χ0n) is 18.3. The second kappa shape index (κ2) is 11.3. The van der Waals surface area contributed by atoms with E-state index in [-0.39, 0.29) is 0 Å². The fraction of sp³-hybridized carbons (Fsp3) is 0.833. The first-order valence-corrected chi connectivity index (χ1v) is 10.6. The van der Waals surface area contributed by atoms with E-state index in [1.807, 2.05) is 0 Å². The molecule has 19 nitrogen and oxygen atoms in total. The van der Waals surface area contributed by atoms with Crippen LogP contribution in [0, 0.1) is 0 Å². The van der Waals surface area contributed by atoms with Gasteiger partial charge >= 0.3 is 17.9 Å². The maximum atomic E-state index is 11.8. The smallest absolute Gasteiger partial charge is 0.335 e. The van der Waals surface area contributed by atoms with Gasteiger partial charge in [-0.2, -0.15) is 0 Å². The molecule has 0 unspecified atom stereocenters. The Morgan fingerprint density at radius 2 is 0.838 bits per heavy atom. The van der Waals surface area contributed by atoms with Crippen molar-refractivity contribution >= 4 is 17.9 Å². The molecule has 3 fully saturated rings. The molecule has 0 amide bonds. The first-order valence-electron chi connectivity index (χ1n) is 10.6. The molecule has 0 bridgehead atoms. The van der Waals surface area contributed by atoms with E-state index in [1.165, 1.54) is 0 Å². The van der Waals surface area contributed by atoms with Crippen molar-refractivity contribution in [2.75, 3.05) is 0 Å². The first-order chi connectivity index (χ1) is 17.2. The van der Waals surface area contributed by atoms with Crippen LogP contribution in [0.1, 0.15) is 0 Å². The SMILES string of the molecule is O=C(O)[C@H]1O[C@H](O[C@@H]2[C@@H](O)[C@@H](O)[C@@H](O[C@@H]3[C@H](O)[C@@H](O)[C@@H](O)O[C@@H]3C(=O)O)O[C@@H]2C(=O)O)[C@H](O)[C@@H](O)[C@H]1O. The highest BCUT2D eigenvalue weighted by molar-refractivity contribution is 5.74. The van der Waals surface area contributed by atoms with Crippen molar-refractivity contribution < 1.29 is 94.2 Å². The number of ether oxygens (including phenoxy) is 5. The van der Waals surface area contributed by atoms with Gasteiger partial charge in [0.2, 0.25) is 0 Å². The molecule has 3 aliphatic rings. The molecule has 15 atom stereocenters. The highest BCUT2D eigenvalue weighted by Gasteiger charge is 2.56. The van der Waals surface area contributed by atoms with Gasteiger partial charge in [0, 0.05) is 0 Å². The summed E-state index contributed by atoms with van der Waals surface area (Å²) in [7, 11) is 0. The molecule has 11 N–H and O–H groups in total. The van der Waals surface area contributed by atoms with Crippen molar-refractivity contribution in [3.05, 3.63) is 0 Å². The summed E-state index contributed by atoms with van der Waals surface area (Å²) in [6.07, 6.45) is -32.5. The zero-order chi connectivity index (χ0) is 27.9. The van der Waals surface area contributed by atoms with Gasteiger partial charge in [0.25, 0.3) is 0 Å². The Hall–Kier alpha value is -2.11. The Morgan fingerprint density at radius 1 is 0.459 bits per heavy atom. The third-order valence-electron chi connectivity index (χ3n) is 5.99. The topological polar surface area (TPSA) is 320 Å². The minimum atomic E-state index is -2.29. The quantitative estimate of drug-likeness (QED) is 0.141. The average Bonchev–Trinajstić information content (AvgIpc) is 2.82. The van der Waals surface area contributed by atoms with Crippen LogP contribution in [0.25, 0.3) is 0 Å². The summed E-state index contributed by atoms with van der Waals surface area (Å²) in [6.45, 7) is 0. The summed E-state index contributed by atoms with van der Waals surface area (Å²) in [4.78, 5) is 34.5. The second-order valence-electron chi connectivity index (χ2n) is 8.45. The Kier molecular flexibility index (Phi) is 9.01. The van der Waals surface area contributed by atoms with Crippen LogP contribution in [-0.4, -0.2) is 166 Å². The Labute approximate surface area is 205 Å². The van der Waals surface area contributed by atoms with Gasteiger partial charge in [-0.05, 0) is 0 Å². The highest BCUT2D eigenvalue weighted by Crippen LogP contribution is 2.32. The van der Waals surface area contributed by atoms with Gasteiger partial charge in [0.1, 0.15) is 54.9 Å². The molecule has 19 heteroatoms. The van der Waals surface area contributed by atoms with E-state index in [4.69, 9.17) is 24.1 Å². The molecule has 0 aromatic carbocycles. The molecule has 0 saturated carbocycles. The predicted octanol–water partition coefficient (Wildman–Crippen LogP) is -7.30. The molecule has 212 valence electrons. The Morgan fingerprint density at radius 3 is 1.30 bits per heavy atom. The summed E-state index contributed by atoms with van der Waals surface area (Å²) in [5, 5.41) is 108. The first kappa shape index (κ1) is 29.4. The normalized spacial score (nSPS) is 48.8. The summed E-state index contributed by atoms with van der Waals surface area (Å²) >= 11 is 0. The molecule has 0 spiro atoms. The van der Waals surface area contributed by atoms with Gasteiger partial charge < -0.3 is 79.9 Å². The van der Waals surface area contributed by atoms with Crippen LogP contribution in [0.15, 0.2) is 0 Å². The molecule has 0 radical (unpaired) electrons. The summed E-state index contributed by atoms with van der Waals surface area (Å²) in [5.74, 6) is -5.46. The van der Waals surface area contributed by atoms with Crippen molar-refractivity contribution in [3.63, 3.8) is 0 Å².